The number of aliphatic carboxylic acids is 4. The van der Waals surface area contributed by atoms with Gasteiger partial charge in [-0.3, -0.25) is 19.2 Å². The maximum Gasteiger partial charge on any atom is 0.307 e. The highest BCUT2D eigenvalue weighted by Gasteiger charge is 2.46. The van der Waals surface area contributed by atoms with Gasteiger partial charge in [-0.25, -0.2) is 0 Å². The fraction of sp³-hybridized carbons (Fsp3) is 0.750. The predicted octanol–water partition coefficient (Wildman–Crippen LogP) is 1.39. The van der Waals surface area contributed by atoms with Crippen molar-refractivity contribution in [2.45, 2.75) is 38.5 Å². The van der Waals surface area contributed by atoms with E-state index in [0.717, 1.165) is 0 Å². The molecule has 0 aromatic heterocycles. The molecular formula is C16H22O8. The van der Waals surface area contributed by atoms with E-state index in [1.807, 2.05) is 0 Å². The van der Waals surface area contributed by atoms with Gasteiger partial charge in [0.15, 0.2) is 0 Å². The van der Waals surface area contributed by atoms with Crippen LogP contribution in [-0.2, 0) is 19.2 Å². The van der Waals surface area contributed by atoms with E-state index < -0.39 is 53.5 Å². The van der Waals surface area contributed by atoms with Gasteiger partial charge in [-0.1, -0.05) is 0 Å². The largest absolute Gasteiger partial charge is 0.481 e. The topological polar surface area (TPSA) is 149 Å². The van der Waals surface area contributed by atoms with Gasteiger partial charge < -0.3 is 20.4 Å². The summed E-state index contributed by atoms with van der Waals surface area (Å²) in [6.45, 7) is 0. The molecule has 0 aromatic rings. The summed E-state index contributed by atoms with van der Waals surface area (Å²) >= 11 is 0. The average molecular weight is 342 g/mol. The monoisotopic (exact) mass is 342 g/mol. The molecule has 134 valence electrons. The SMILES string of the molecule is O=C(O)C1CCC(C(=O)O)C(C2CCC(C(=O)O)C(C(=O)O)C2)C1. The third-order valence-electron chi connectivity index (χ3n) is 5.70. The lowest BCUT2D eigenvalue weighted by Gasteiger charge is -2.41. The van der Waals surface area contributed by atoms with Gasteiger partial charge in [0, 0.05) is 0 Å². The van der Waals surface area contributed by atoms with E-state index in [0.29, 0.717) is 12.8 Å². The van der Waals surface area contributed by atoms with Crippen molar-refractivity contribution in [3.63, 3.8) is 0 Å². The lowest BCUT2D eigenvalue weighted by molar-refractivity contribution is -0.159. The Hall–Kier alpha value is -2.12. The zero-order chi connectivity index (χ0) is 18.0. The zero-order valence-corrected chi connectivity index (χ0v) is 13.1. The number of rotatable bonds is 5. The van der Waals surface area contributed by atoms with Crippen LogP contribution in [0.4, 0.5) is 0 Å². The standard InChI is InChI=1S/C16H22O8/c17-13(18)8-2-4-9(14(19)20)11(6-8)7-1-3-10(15(21)22)12(5-7)16(23)24/h7-12H,1-6H2,(H,17,18)(H,19,20)(H,21,22)(H,23,24). The highest BCUT2D eigenvalue weighted by atomic mass is 16.4. The normalized spacial score (nSPS) is 36.7. The Balaban J connectivity index is 2.20. The van der Waals surface area contributed by atoms with Crippen LogP contribution in [0.25, 0.3) is 0 Å². The molecule has 2 aliphatic rings. The molecule has 2 aliphatic carbocycles. The molecule has 2 saturated carbocycles. The van der Waals surface area contributed by atoms with Gasteiger partial charge >= 0.3 is 23.9 Å². The summed E-state index contributed by atoms with van der Waals surface area (Å²) in [5, 5.41) is 37.1. The highest BCUT2D eigenvalue weighted by molar-refractivity contribution is 5.80. The van der Waals surface area contributed by atoms with Crippen molar-refractivity contribution in [3.05, 3.63) is 0 Å². The summed E-state index contributed by atoms with van der Waals surface area (Å²) in [6, 6.07) is 0. The van der Waals surface area contributed by atoms with Crippen LogP contribution in [-0.4, -0.2) is 44.3 Å². The Morgan fingerprint density at radius 3 is 1.62 bits per heavy atom. The summed E-state index contributed by atoms with van der Waals surface area (Å²) in [5.74, 6) is -8.32. The summed E-state index contributed by atoms with van der Waals surface area (Å²) < 4.78 is 0. The summed E-state index contributed by atoms with van der Waals surface area (Å²) in [5.41, 5.74) is 0. The van der Waals surface area contributed by atoms with Crippen molar-refractivity contribution in [1.29, 1.82) is 0 Å². The molecule has 0 heterocycles. The second kappa shape index (κ2) is 7.19. The van der Waals surface area contributed by atoms with Gasteiger partial charge in [0.05, 0.1) is 23.7 Å². The van der Waals surface area contributed by atoms with Crippen LogP contribution in [0.2, 0.25) is 0 Å². The van der Waals surface area contributed by atoms with Crippen LogP contribution >= 0.6 is 0 Å². The molecule has 0 amide bonds. The molecule has 2 fully saturated rings. The molecule has 0 radical (unpaired) electrons. The van der Waals surface area contributed by atoms with E-state index >= 15 is 0 Å². The van der Waals surface area contributed by atoms with Gasteiger partial charge in [-0.05, 0) is 50.4 Å². The summed E-state index contributed by atoms with van der Waals surface area (Å²) in [4.78, 5) is 45.4. The lowest BCUT2D eigenvalue weighted by Crippen LogP contribution is -2.42. The zero-order valence-electron chi connectivity index (χ0n) is 13.1. The van der Waals surface area contributed by atoms with Crippen LogP contribution in [0, 0.1) is 35.5 Å². The van der Waals surface area contributed by atoms with E-state index in [1.165, 1.54) is 0 Å². The number of hydrogen-bond acceptors (Lipinski definition) is 4. The first-order valence-electron chi connectivity index (χ1n) is 8.13. The molecule has 0 spiro atoms. The Morgan fingerprint density at radius 1 is 0.583 bits per heavy atom. The second-order valence-corrected chi connectivity index (χ2v) is 6.92. The van der Waals surface area contributed by atoms with Crippen LogP contribution in [0.15, 0.2) is 0 Å². The number of carbonyl (C=O) groups is 4. The van der Waals surface area contributed by atoms with Gasteiger partial charge in [-0.2, -0.15) is 0 Å². The summed E-state index contributed by atoms with van der Waals surface area (Å²) in [7, 11) is 0. The molecule has 0 aromatic carbocycles. The smallest absolute Gasteiger partial charge is 0.307 e. The molecule has 8 heteroatoms. The maximum atomic E-state index is 11.5. The molecule has 24 heavy (non-hydrogen) atoms. The van der Waals surface area contributed by atoms with Gasteiger partial charge in [0.1, 0.15) is 0 Å². The quantitative estimate of drug-likeness (QED) is 0.585. The minimum atomic E-state index is -1.19. The van der Waals surface area contributed by atoms with Gasteiger partial charge in [-0.15, -0.1) is 0 Å². The van der Waals surface area contributed by atoms with Crippen molar-refractivity contribution in [2.75, 3.05) is 0 Å². The van der Waals surface area contributed by atoms with Crippen molar-refractivity contribution >= 4 is 23.9 Å². The van der Waals surface area contributed by atoms with Crippen LogP contribution in [0.5, 0.6) is 0 Å². The molecule has 0 aliphatic heterocycles. The van der Waals surface area contributed by atoms with E-state index in [2.05, 4.69) is 0 Å². The first kappa shape index (κ1) is 18.2. The predicted molar refractivity (Wildman–Crippen MR) is 79.2 cm³/mol. The number of carboxylic acids is 4. The van der Waals surface area contributed by atoms with Crippen molar-refractivity contribution < 1.29 is 39.6 Å². The number of hydrogen-bond donors (Lipinski definition) is 4. The van der Waals surface area contributed by atoms with Crippen LogP contribution < -0.4 is 0 Å². The number of carboxylic acid groups (broad SMARTS) is 4. The molecule has 4 N–H and O–H groups in total. The van der Waals surface area contributed by atoms with E-state index in [9.17, 15) is 39.6 Å². The Bertz CT molecular complexity index is 542. The minimum absolute atomic E-state index is 0.0904. The molecule has 6 atom stereocenters. The Labute approximate surface area is 138 Å². The van der Waals surface area contributed by atoms with E-state index in [-0.39, 0.29) is 31.6 Å². The first-order valence-corrected chi connectivity index (χ1v) is 8.13. The third-order valence-corrected chi connectivity index (χ3v) is 5.70. The van der Waals surface area contributed by atoms with Crippen molar-refractivity contribution in [1.82, 2.24) is 0 Å². The van der Waals surface area contributed by atoms with Gasteiger partial charge in [0.2, 0.25) is 0 Å². The first-order chi connectivity index (χ1) is 11.2. The van der Waals surface area contributed by atoms with Crippen LogP contribution in [0.3, 0.4) is 0 Å². The van der Waals surface area contributed by atoms with E-state index in [4.69, 9.17) is 0 Å². The van der Waals surface area contributed by atoms with Crippen molar-refractivity contribution in [3.8, 4) is 0 Å². The summed E-state index contributed by atoms with van der Waals surface area (Å²) in [6.07, 6.45) is 1.45. The fourth-order valence-corrected chi connectivity index (χ4v) is 4.42. The maximum absolute atomic E-state index is 11.5. The van der Waals surface area contributed by atoms with Crippen molar-refractivity contribution in [2.24, 2.45) is 35.5 Å². The molecule has 0 saturated heterocycles. The van der Waals surface area contributed by atoms with E-state index in [1.54, 1.807) is 0 Å². The van der Waals surface area contributed by atoms with Crippen LogP contribution in [0.1, 0.15) is 38.5 Å². The lowest BCUT2D eigenvalue weighted by atomic mass is 9.62. The average Bonchev–Trinajstić information content (AvgIpc) is 2.53. The molecule has 2 rings (SSSR count). The molecular weight excluding hydrogens is 320 g/mol. The molecule has 0 bridgehead atoms. The Morgan fingerprint density at radius 2 is 1.12 bits per heavy atom. The minimum Gasteiger partial charge on any atom is -0.481 e. The molecule has 6 unspecified atom stereocenters. The third kappa shape index (κ3) is 3.68. The molecule has 8 nitrogen and oxygen atoms in total. The second-order valence-electron chi connectivity index (χ2n) is 6.92. The highest BCUT2D eigenvalue weighted by Crippen LogP contribution is 2.46. The van der Waals surface area contributed by atoms with Gasteiger partial charge in [0.25, 0.3) is 0 Å². The fourth-order valence-electron chi connectivity index (χ4n) is 4.42. The Kier molecular flexibility index (Phi) is 5.46.